The molecule has 0 aliphatic heterocycles. The molecule has 1 aromatic carbocycles. The van der Waals surface area contributed by atoms with Gasteiger partial charge >= 0.3 is 5.97 Å². The average Bonchev–Trinajstić information content (AvgIpc) is 3.14. The number of carbonyl (C=O) groups is 1. The summed E-state index contributed by atoms with van der Waals surface area (Å²) in [6.45, 7) is 20.5. The lowest BCUT2D eigenvalue weighted by molar-refractivity contribution is -0.132. The van der Waals surface area contributed by atoms with Crippen LogP contribution in [-0.4, -0.2) is 24.2 Å². The first-order chi connectivity index (χ1) is 13.0. The zero-order chi connectivity index (χ0) is 19.8. The third kappa shape index (κ3) is 5.07. The van der Waals surface area contributed by atoms with Crippen molar-refractivity contribution in [1.82, 2.24) is 0 Å². The number of benzene rings is 1. The molecule has 0 aliphatic rings. The van der Waals surface area contributed by atoms with E-state index in [1.54, 1.807) is 12.1 Å². The van der Waals surface area contributed by atoms with Crippen molar-refractivity contribution < 1.29 is 9.90 Å². The number of hydrogen-bond acceptors (Lipinski definition) is 3. The second-order valence-electron chi connectivity index (χ2n) is 5.55. The van der Waals surface area contributed by atoms with Crippen molar-refractivity contribution in [1.29, 1.82) is 0 Å². The molecule has 0 amide bonds. The first-order valence-electron chi connectivity index (χ1n) is 8.39. The summed E-state index contributed by atoms with van der Waals surface area (Å²) in [7, 11) is 0. The molecule has 2 aromatic rings. The van der Waals surface area contributed by atoms with Crippen molar-refractivity contribution in [2.24, 2.45) is 0 Å². The standard InChI is InChI=1S/C21H19N3O2S/c1-5-24(6-2)16-9-7-15(8-10-16)13-18(22-3)20-12-11-17(27-20)14-19(23-4)21(25)26/h7-14H,5-6H2,1-2H3,(H,25,26)/b18-13-,19-14?. The predicted octanol–water partition coefficient (Wildman–Crippen LogP) is 5.36. The molecular weight excluding hydrogens is 358 g/mol. The number of rotatable bonds is 7. The zero-order valence-electron chi connectivity index (χ0n) is 15.1. The lowest BCUT2D eigenvalue weighted by Gasteiger charge is -2.20. The monoisotopic (exact) mass is 377 g/mol. The Morgan fingerprint density at radius 3 is 2.26 bits per heavy atom. The molecule has 0 spiro atoms. The van der Waals surface area contributed by atoms with E-state index in [0.717, 1.165) is 29.2 Å². The van der Waals surface area contributed by atoms with Crippen LogP contribution in [0, 0.1) is 13.1 Å². The van der Waals surface area contributed by atoms with Crippen LogP contribution in [0.15, 0.2) is 42.1 Å². The summed E-state index contributed by atoms with van der Waals surface area (Å²) < 4.78 is 0. The van der Waals surface area contributed by atoms with Gasteiger partial charge in [-0.15, -0.1) is 11.3 Å². The van der Waals surface area contributed by atoms with Crippen molar-refractivity contribution >= 4 is 40.8 Å². The van der Waals surface area contributed by atoms with E-state index in [9.17, 15) is 4.79 Å². The first kappa shape index (κ1) is 20.0. The van der Waals surface area contributed by atoms with Crippen molar-refractivity contribution in [2.45, 2.75) is 13.8 Å². The second kappa shape index (κ2) is 9.38. The summed E-state index contributed by atoms with van der Waals surface area (Å²) in [5.41, 5.74) is 2.21. The quantitative estimate of drug-likeness (QED) is 0.522. The number of hydrogen-bond donors (Lipinski definition) is 1. The molecule has 0 radical (unpaired) electrons. The maximum Gasteiger partial charge on any atom is 0.333 e. The Balaban J connectivity index is 2.29. The Morgan fingerprint density at radius 2 is 1.74 bits per heavy atom. The summed E-state index contributed by atoms with van der Waals surface area (Å²) in [6, 6.07) is 11.5. The van der Waals surface area contributed by atoms with Gasteiger partial charge in [0.25, 0.3) is 5.70 Å². The molecule has 5 nitrogen and oxygen atoms in total. The fourth-order valence-corrected chi connectivity index (χ4v) is 3.44. The first-order valence-corrected chi connectivity index (χ1v) is 9.20. The van der Waals surface area contributed by atoms with E-state index in [1.165, 1.54) is 17.4 Å². The Kier molecular flexibility index (Phi) is 6.93. The molecule has 0 saturated heterocycles. The van der Waals surface area contributed by atoms with Gasteiger partial charge in [0.15, 0.2) is 0 Å². The minimum Gasteiger partial charge on any atom is -0.486 e. The molecule has 1 heterocycles. The highest BCUT2D eigenvalue weighted by molar-refractivity contribution is 7.14. The van der Waals surface area contributed by atoms with Gasteiger partial charge in [-0.25, -0.2) is 9.69 Å². The van der Waals surface area contributed by atoms with Gasteiger partial charge in [-0.2, -0.15) is 0 Å². The highest BCUT2D eigenvalue weighted by atomic mass is 32.1. The molecule has 0 bridgehead atoms. The largest absolute Gasteiger partial charge is 0.486 e. The molecule has 0 unspecified atom stereocenters. The van der Waals surface area contributed by atoms with Crippen LogP contribution in [0.4, 0.5) is 5.69 Å². The van der Waals surface area contributed by atoms with E-state index in [0.29, 0.717) is 10.6 Å². The third-order valence-electron chi connectivity index (χ3n) is 3.94. The fourth-order valence-electron chi connectivity index (χ4n) is 2.53. The van der Waals surface area contributed by atoms with Crippen molar-refractivity contribution in [3.63, 3.8) is 0 Å². The highest BCUT2D eigenvalue weighted by Gasteiger charge is 2.10. The molecule has 0 saturated carbocycles. The molecule has 27 heavy (non-hydrogen) atoms. The molecule has 1 N–H and O–H groups in total. The van der Waals surface area contributed by atoms with E-state index in [-0.39, 0.29) is 5.70 Å². The molecule has 0 fully saturated rings. The van der Waals surface area contributed by atoms with Gasteiger partial charge < -0.3 is 10.0 Å². The predicted molar refractivity (Wildman–Crippen MR) is 111 cm³/mol. The van der Waals surface area contributed by atoms with Crippen molar-refractivity contribution in [3.8, 4) is 0 Å². The average molecular weight is 377 g/mol. The van der Waals surface area contributed by atoms with Crippen LogP contribution in [0.2, 0.25) is 0 Å². The maximum absolute atomic E-state index is 11.0. The molecule has 6 heteroatoms. The van der Waals surface area contributed by atoms with Crippen LogP contribution < -0.4 is 4.90 Å². The van der Waals surface area contributed by atoms with Gasteiger partial charge in [0, 0.05) is 28.5 Å². The number of carboxylic acid groups (broad SMARTS) is 1. The second-order valence-corrected chi connectivity index (χ2v) is 6.67. The van der Waals surface area contributed by atoms with Gasteiger partial charge in [-0.1, -0.05) is 18.2 Å². The van der Waals surface area contributed by atoms with Crippen LogP contribution >= 0.6 is 11.3 Å². The summed E-state index contributed by atoms with van der Waals surface area (Å²) in [5, 5.41) is 8.95. The van der Waals surface area contributed by atoms with Gasteiger partial charge in [0.05, 0.1) is 13.1 Å². The lowest BCUT2D eigenvalue weighted by atomic mass is 10.1. The molecular formula is C21H19N3O2S. The van der Waals surface area contributed by atoms with E-state index < -0.39 is 5.97 Å². The van der Waals surface area contributed by atoms with Gasteiger partial charge in [0.2, 0.25) is 5.70 Å². The topological polar surface area (TPSA) is 49.3 Å². The lowest BCUT2D eigenvalue weighted by Crippen LogP contribution is -2.21. The van der Waals surface area contributed by atoms with E-state index in [2.05, 4.69) is 28.4 Å². The van der Waals surface area contributed by atoms with Crippen LogP contribution in [0.25, 0.3) is 27.5 Å². The smallest absolute Gasteiger partial charge is 0.333 e. The normalized spacial score (nSPS) is 11.6. The van der Waals surface area contributed by atoms with Crippen molar-refractivity contribution in [3.05, 3.63) is 80.2 Å². The SMILES string of the molecule is [C-]#[N+]C(=Cc1ccc(/C(=C/c2ccc(N(CC)CC)cc2)[N+]#[C-])s1)C(=O)O. The molecule has 0 atom stereocenters. The van der Waals surface area contributed by atoms with E-state index in [1.807, 2.05) is 30.3 Å². The van der Waals surface area contributed by atoms with Crippen molar-refractivity contribution in [2.75, 3.05) is 18.0 Å². The van der Waals surface area contributed by atoms with Crippen LogP contribution in [0.3, 0.4) is 0 Å². The summed E-state index contributed by atoms with van der Waals surface area (Å²) >= 11 is 1.29. The van der Waals surface area contributed by atoms with Crippen LogP contribution in [0.1, 0.15) is 29.2 Å². The maximum atomic E-state index is 11.0. The Morgan fingerprint density at radius 1 is 1.07 bits per heavy atom. The fraction of sp³-hybridized carbons (Fsp3) is 0.190. The van der Waals surface area contributed by atoms with Crippen LogP contribution in [0.5, 0.6) is 0 Å². The summed E-state index contributed by atoms with van der Waals surface area (Å²) in [5.74, 6) is -1.26. The Bertz CT molecular complexity index is 953. The number of nitrogens with zero attached hydrogens (tertiary/aromatic N) is 3. The minimum absolute atomic E-state index is 0.344. The molecule has 0 aliphatic carbocycles. The zero-order valence-corrected chi connectivity index (χ0v) is 16.0. The Hall–Kier alpha value is -3.35. The Labute approximate surface area is 163 Å². The summed E-state index contributed by atoms with van der Waals surface area (Å²) in [4.78, 5) is 21.2. The number of carboxylic acids is 1. The highest BCUT2D eigenvalue weighted by Crippen LogP contribution is 2.29. The minimum atomic E-state index is -1.26. The number of anilines is 1. The van der Waals surface area contributed by atoms with Gasteiger partial charge in [-0.3, -0.25) is 4.79 Å². The number of aliphatic carboxylic acids is 1. The third-order valence-corrected chi connectivity index (χ3v) is 5.00. The summed E-state index contributed by atoms with van der Waals surface area (Å²) in [6.07, 6.45) is 3.13. The van der Waals surface area contributed by atoms with Gasteiger partial charge in [0.1, 0.15) is 0 Å². The van der Waals surface area contributed by atoms with E-state index in [4.69, 9.17) is 18.3 Å². The van der Waals surface area contributed by atoms with Crippen LogP contribution in [-0.2, 0) is 4.79 Å². The van der Waals surface area contributed by atoms with E-state index >= 15 is 0 Å². The molecule has 2 rings (SSSR count). The van der Waals surface area contributed by atoms with Gasteiger partial charge in [-0.05, 0) is 49.8 Å². The number of thiophene rings is 1. The molecule has 1 aromatic heterocycles. The molecule has 136 valence electrons.